The number of carbonyl (C=O) groups excluding carboxylic acids is 3. The number of hydrogen-bond acceptors (Lipinski definition) is 6. The summed E-state index contributed by atoms with van der Waals surface area (Å²) < 4.78 is 18.4. The summed E-state index contributed by atoms with van der Waals surface area (Å²) in [5.74, 6) is 0.359. The smallest absolute Gasteiger partial charge is 0.302 e. The molecule has 7 atom stereocenters. The second-order valence-electron chi connectivity index (χ2n) is 13.8. The maximum absolute atomic E-state index is 12.8. The second kappa shape index (κ2) is 10.5. The monoisotopic (exact) mass is 522 g/mol. The van der Waals surface area contributed by atoms with Gasteiger partial charge in [-0.2, -0.15) is 0 Å². The van der Waals surface area contributed by atoms with Gasteiger partial charge in [0.05, 0.1) is 6.61 Å². The highest BCUT2D eigenvalue weighted by molar-refractivity contribution is 6.74. The first-order valence-corrected chi connectivity index (χ1v) is 16.9. The molecule has 2 unspecified atom stereocenters. The summed E-state index contributed by atoms with van der Waals surface area (Å²) in [4.78, 5) is 36.7. The largest absolute Gasteiger partial charge is 0.466 e. The second-order valence-corrected chi connectivity index (χ2v) is 18.6. The minimum Gasteiger partial charge on any atom is -0.466 e. The van der Waals surface area contributed by atoms with E-state index >= 15 is 0 Å². The van der Waals surface area contributed by atoms with Crippen LogP contribution in [-0.2, 0) is 28.3 Å². The lowest BCUT2D eigenvalue weighted by Gasteiger charge is -2.56. The Balaban J connectivity index is 1.89. The standard InChI is InChI=1S/C29H50O6Si/c1-19(30)33-17-14-21-18-22(35-36(8,9)27(3,4)5)12-15-28(21,6)24-13-16-29(7)23(10-11-25(29)32)26(24)34-20(2)31/h21-24,26H,10-18H2,1-9H3/t21-,22-,23?,24?,26-,28-,29-/m0/s1. The first-order valence-electron chi connectivity index (χ1n) is 14.0. The summed E-state index contributed by atoms with van der Waals surface area (Å²) in [5, 5.41) is 0.143. The van der Waals surface area contributed by atoms with Crippen LogP contribution in [0.4, 0.5) is 0 Å². The van der Waals surface area contributed by atoms with Crippen molar-refractivity contribution in [1.82, 2.24) is 0 Å². The maximum Gasteiger partial charge on any atom is 0.302 e. The predicted octanol–water partition coefficient (Wildman–Crippen LogP) is 6.46. The van der Waals surface area contributed by atoms with E-state index in [2.05, 4.69) is 47.7 Å². The number of Topliss-reactive ketones (excluding diaryl/α,β-unsaturated/α-hetero) is 1. The Morgan fingerprint density at radius 1 is 1.00 bits per heavy atom. The molecule has 206 valence electrons. The van der Waals surface area contributed by atoms with E-state index in [1.165, 1.54) is 13.8 Å². The molecule has 0 aromatic carbocycles. The zero-order chi connectivity index (χ0) is 27.1. The van der Waals surface area contributed by atoms with Gasteiger partial charge < -0.3 is 13.9 Å². The van der Waals surface area contributed by atoms with Crippen molar-refractivity contribution in [3.63, 3.8) is 0 Å². The van der Waals surface area contributed by atoms with Crippen molar-refractivity contribution in [1.29, 1.82) is 0 Å². The molecule has 0 heterocycles. The summed E-state index contributed by atoms with van der Waals surface area (Å²) in [6.45, 7) is 19.2. The van der Waals surface area contributed by atoms with Crippen LogP contribution in [0.1, 0.15) is 99.8 Å². The Morgan fingerprint density at radius 2 is 1.67 bits per heavy atom. The lowest BCUT2D eigenvalue weighted by molar-refractivity contribution is -0.177. The van der Waals surface area contributed by atoms with Crippen molar-refractivity contribution >= 4 is 26.0 Å². The number of carbonyl (C=O) groups is 3. The molecule has 0 spiro atoms. The number of esters is 2. The highest BCUT2D eigenvalue weighted by Gasteiger charge is 2.60. The van der Waals surface area contributed by atoms with Gasteiger partial charge in [-0.1, -0.05) is 34.6 Å². The molecular formula is C29H50O6Si. The van der Waals surface area contributed by atoms with Gasteiger partial charge in [-0.3, -0.25) is 14.4 Å². The van der Waals surface area contributed by atoms with Gasteiger partial charge in [0.25, 0.3) is 0 Å². The molecule has 3 rings (SSSR count). The Labute approximate surface area is 219 Å². The normalized spacial score (nSPS) is 37.4. The topological polar surface area (TPSA) is 78.9 Å². The minimum absolute atomic E-state index is 0.0828. The zero-order valence-corrected chi connectivity index (χ0v) is 25.2. The van der Waals surface area contributed by atoms with Crippen molar-refractivity contribution < 1.29 is 28.3 Å². The lowest BCUT2D eigenvalue weighted by atomic mass is 9.51. The average Bonchev–Trinajstić information content (AvgIpc) is 3.04. The molecule has 0 aromatic rings. The first kappa shape index (κ1) is 29.3. The van der Waals surface area contributed by atoms with Gasteiger partial charge in [0.15, 0.2) is 8.32 Å². The van der Waals surface area contributed by atoms with E-state index < -0.39 is 8.32 Å². The summed E-state index contributed by atoms with van der Waals surface area (Å²) >= 11 is 0. The van der Waals surface area contributed by atoms with Gasteiger partial charge in [-0.25, -0.2) is 0 Å². The highest BCUT2D eigenvalue weighted by atomic mass is 28.4. The number of ether oxygens (including phenoxy) is 2. The van der Waals surface area contributed by atoms with Crippen molar-refractivity contribution in [2.24, 2.45) is 28.6 Å². The van der Waals surface area contributed by atoms with Crippen molar-refractivity contribution in [2.75, 3.05) is 6.61 Å². The molecule has 6 nitrogen and oxygen atoms in total. The molecular weight excluding hydrogens is 472 g/mol. The fraction of sp³-hybridized carbons (Fsp3) is 0.897. The zero-order valence-electron chi connectivity index (χ0n) is 24.2. The van der Waals surface area contributed by atoms with E-state index in [0.717, 1.165) is 44.9 Å². The van der Waals surface area contributed by atoms with E-state index in [4.69, 9.17) is 13.9 Å². The van der Waals surface area contributed by atoms with Crippen LogP contribution in [0.3, 0.4) is 0 Å². The van der Waals surface area contributed by atoms with E-state index in [1.807, 2.05) is 0 Å². The van der Waals surface area contributed by atoms with Crippen LogP contribution in [0.25, 0.3) is 0 Å². The van der Waals surface area contributed by atoms with Crippen LogP contribution < -0.4 is 0 Å². The summed E-state index contributed by atoms with van der Waals surface area (Å²) in [6, 6.07) is 0. The van der Waals surface area contributed by atoms with Gasteiger partial charge in [0, 0.05) is 43.6 Å². The average molecular weight is 523 g/mol. The van der Waals surface area contributed by atoms with Gasteiger partial charge in [0.1, 0.15) is 11.9 Å². The third-order valence-corrected chi connectivity index (χ3v) is 15.1. The molecule has 3 aliphatic carbocycles. The molecule has 36 heavy (non-hydrogen) atoms. The summed E-state index contributed by atoms with van der Waals surface area (Å²) in [6.07, 6.45) is 6.73. The first-order chi connectivity index (χ1) is 16.5. The van der Waals surface area contributed by atoms with Crippen LogP contribution in [0, 0.1) is 28.6 Å². The molecule has 0 aliphatic heterocycles. The number of rotatable bonds is 7. The van der Waals surface area contributed by atoms with Crippen molar-refractivity contribution in [3.8, 4) is 0 Å². The van der Waals surface area contributed by atoms with E-state index in [0.29, 0.717) is 18.8 Å². The molecule has 3 fully saturated rings. The van der Waals surface area contributed by atoms with Crippen LogP contribution in [0.5, 0.6) is 0 Å². The van der Waals surface area contributed by atoms with E-state index in [9.17, 15) is 14.4 Å². The highest BCUT2D eigenvalue weighted by Crippen LogP contribution is 2.60. The summed E-state index contributed by atoms with van der Waals surface area (Å²) in [7, 11) is -1.92. The number of fused-ring (bicyclic) bond motifs is 1. The Bertz CT molecular complexity index is 847. The van der Waals surface area contributed by atoms with Crippen molar-refractivity contribution in [2.45, 2.75) is 130 Å². The maximum atomic E-state index is 12.8. The van der Waals surface area contributed by atoms with Crippen LogP contribution in [0.15, 0.2) is 0 Å². The minimum atomic E-state index is -1.92. The molecule has 0 bridgehead atoms. The molecule has 3 saturated carbocycles. The Hall–Kier alpha value is -1.21. The molecule has 0 amide bonds. The quantitative estimate of drug-likeness (QED) is 0.282. The molecule has 0 saturated heterocycles. The molecule has 0 aromatic heterocycles. The fourth-order valence-electron chi connectivity index (χ4n) is 7.27. The molecule has 0 radical (unpaired) electrons. The SMILES string of the molecule is CC(=O)OCC[C@H]1C[C@@H](O[Si](C)(C)C(C)(C)C)CC[C@]1(C)C1CC[C@]2(C)C(=O)CCC2[C@@H]1OC(C)=O. The van der Waals surface area contributed by atoms with Crippen LogP contribution >= 0.6 is 0 Å². The third-order valence-electron chi connectivity index (χ3n) is 10.6. The summed E-state index contributed by atoms with van der Waals surface area (Å²) in [5.41, 5.74) is -0.469. The lowest BCUT2D eigenvalue weighted by Crippen LogP contribution is -2.55. The number of hydrogen-bond donors (Lipinski definition) is 0. The van der Waals surface area contributed by atoms with Gasteiger partial charge in [-0.15, -0.1) is 0 Å². The fourth-order valence-corrected chi connectivity index (χ4v) is 8.67. The number of ketones is 1. The Morgan fingerprint density at radius 3 is 2.25 bits per heavy atom. The third kappa shape index (κ3) is 5.77. The van der Waals surface area contributed by atoms with Gasteiger partial charge >= 0.3 is 11.9 Å². The van der Waals surface area contributed by atoms with Crippen molar-refractivity contribution in [3.05, 3.63) is 0 Å². The van der Waals surface area contributed by atoms with Gasteiger partial charge in [-0.05, 0) is 74.4 Å². The molecule has 0 N–H and O–H groups in total. The Kier molecular flexibility index (Phi) is 8.57. The predicted molar refractivity (Wildman–Crippen MR) is 143 cm³/mol. The van der Waals surface area contributed by atoms with Gasteiger partial charge in [0.2, 0.25) is 0 Å². The van der Waals surface area contributed by atoms with E-state index in [1.54, 1.807) is 0 Å². The van der Waals surface area contributed by atoms with E-state index in [-0.39, 0.29) is 57.8 Å². The molecule has 7 heteroatoms. The van der Waals surface area contributed by atoms with Crippen LogP contribution in [0.2, 0.25) is 18.1 Å². The molecule has 3 aliphatic rings. The van der Waals surface area contributed by atoms with Crippen LogP contribution in [-0.4, -0.2) is 44.9 Å².